The zero-order valence-electron chi connectivity index (χ0n) is 21.9. The molecular weight excluding hydrogens is 482 g/mol. The molecule has 0 radical (unpaired) electrons. The Labute approximate surface area is 220 Å². The van der Waals surface area contributed by atoms with Gasteiger partial charge in [0.25, 0.3) is 11.5 Å². The molecule has 1 saturated carbocycles. The lowest BCUT2D eigenvalue weighted by molar-refractivity contribution is 0.0556. The molecule has 0 unspecified atom stereocenters. The number of carbonyl (C=O) groups is 1. The molecule has 10 nitrogen and oxygen atoms in total. The van der Waals surface area contributed by atoms with Crippen LogP contribution in [0.3, 0.4) is 0 Å². The topological polar surface area (TPSA) is 113 Å². The van der Waals surface area contributed by atoms with Crippen molar-refractivity contribution in [1.29, 1.82) is 0 Å². The number of carbonyl (C=O) groups excluding carboxylic acids is 1. The number of aromatic nitrogens is 5. The second-order valence-corrected chi connectivity index (χ2v) is 10.5. The van der Waals surface area contributed by atoms with Crippen molar-refractivity contribution >= 4 is 16.8 Å². The molecule has 1 saturated heterocycles. The number of furan rings is 1. The molecule has 3 aromatic heterocycles. The number of pyridine rings is 1. The molecule has 1 aliphatic carbocycles. The number of hydrogen-bond donors (Lipinski definition) is 1. The molecule has 1 aliphatic heterocycles. The summed E-state index contributed by atoms with van der Waals surface area (Å²) < 4.78 is 7.29. The molecule has 0 spiro atoms. The van der Waals surface area contributed by atoms with Gasteiger partial charge in [-0.15, -0.1) is 5.10 Å². The lowest BCUT2D eigenvalue weighted by Crippen LogP contribution is -2.51. The van der Waals surface area contributed by atoms with E-state index in [-0.39, 0.29) is 17.5 Å². The van der Waals surface area contributed by atoms with Crippen LogP contribution in [0.5, 0.6) is 0 Å². The standard InChI is InChI=1S/C28H33N7O3/c1-18-10-11-19(2)24-21(18)17-22(27(36)29-24)25(26-30-31-32-35(26)20-7-4-3-5-8-20)33-12-14-34(15-13-33)28(37)23-9-6-16-38-23/h6,9-11,16-17,20,25H,3-5,7-8,12-15H2,1-2H3,(H,29,36)/t25-/m0/s1. The quantitative estimate of drug-likeness (QED) is 0.430. The average Bonchev–Trinajstić information content (AvgIpc) is 3.65. The number of H-pyrrole nitrogens is 1. The summed E-state index contributed by atoms with van der Waals surface area (Å²) in [6, 6.07) is 9.34. The maximum Gasteiger partial charge on any atom is 0.289 e. The molecule has 38 heavy (non-hydrogen) atoms. The Hall–Kier alpha value is -3.79. The summed E-state index contributed by atoms with van der Waals surface area (Å²) >= 11 is 0. The van der Waals surface area contributed by atoms with Gasteiger partial charge >= 0.3 is 0 Å². The lowest BCUT2D eigenvalue weighted by Gasteiger charge is -2.38. The first-order valence-corrected chi connectivity index (χ1v) is 13.5. The SMILES string of the molecule is Cc1ccc(C)c2[nH]c(=O)c([C@@H](c3nnnn3C3CCCCC3)N3CCN(C(=O)c4ccco4)CC3)cc12. The van der Waals surface area contributed by atoms with Crippen molar-refractivity contribution in [3.8, 4) is 0 Å². The van der Waals surface area contributed by atoms with E-state index in [1.54, 1.807) is 17.0 Å². The Morgan fingerprint density at radius 1 is 1.05 bits per heavy atom. The van der Waals surface area contributed by atoms with E-state index >= 15 is 0 Å². The number of nitrogens with one attached hydrogen (secondary N) is 1. The van der Waals surface area contributed by atoms with Crippen LogP contribution >= 0.6 is 0 Å². The van der Waals surface area contributed by atoms with E-state index < -0.39 is 6.04 Å². The molecule has 2 fully saturated rings. The van der Waals surface area contributed by atoms with E-state index in [4.69, 9.17) is 4.42 Å². The predicted molar refractivity (Wildman–Crippen MR) is 142 cm³/mol. The van der Waals surface area contributed by atoms with Gasteiger partial charge in [-0.2, -0.15) is 0 Å². The van der Waals surface area contributed by atoms with Gasteiger partial charge in [0.15, 0.2) is 11.6 Å². The van der Waals surface area contributed by atoms with Gasteiger partial charge in [0.05, 0.1) is 17.8 Å². The lowest BCUT2D eigenvalue weighted by atomic mass is 9.94. The molecule has 1 atom stereocenters. The summed E-state index contributed by atoms with van der Waals surface area (Å²) in [4.78, 5) is 33.7. The second kappa shape index (κ2) is 10.2. The smallest absolute Gasteiger partial charge is 0.289 e. The largest absolute Gasteiger partial charge is 0.459 e. The third-order valence-electron chi connectivity index (χ3n) is 8.15. The van der Waals surface area contributed by atoms with Crippen LogP contribution in [-0.4, -0.2) is 67.1 Å². The van der Waals surface area contributed by atoms with E-state index in [9.17, 15) is 9.59 Å². The van der Waals surface area contributed by atoms with Crippen molar-refractivity contribution in [3.05, 3.63) is 75.2 Å². The molecule has 1 amide bonds. The number of rotatable bonds is 5. The highest BCUT2D eigenvalue weighted by Gasteiger charge is 2.35. The first kappa shape index (κ1) is 24.5. The summed E-state index contributed by atoms with van der Waals surface area (Å²) in [6.45, 7) is 6.27. The fraction of sp³-hybridized carbons (Fsp3) is 0.464. The number of fused-ring (bicyclic) bond motifs is 1. The minimum atomic E-state index is -0.430. The highest BCUT2D eigenvalue weighted by atomic mass is 16.3. The van der Waals surface area contributed by atoms with Gasteiger partial charge in [0.2, 0.25) is 0 Å². The van der Waals surface area contributed by atoms with Crippen molar-refractivity contribution in [2.45, 2.75) is 58.0 Å². The van der Waals surface area contributed by atoms with Crippen LogP contribution in [-0.2, 0) is 0 Å². The van der Waals surface area contributed by atoms with E-state index in [2.05, 4.69) is 38.4 Å². The van der Waals surface area contributed by atoms with Crippen molar-refractivity contribution in [3.63, 3.8) is 0 Å². The van der Waals surface area contributed by atoms with Gasteiger partial charge in [0.1, 0.15) is 6.04 Å². The number of piperazine rings is 1. The Morgan fingerprint density at radius 3 is 2.55 bits per heavy atom. The number of aromatic amines is 1. The van der Waals surface area contributed by atoms with E-state index in [0.717, 1.165) is 47.7 Å². The summed E-state index contributed by atoms with van der Waals surface area (Å²) in [6.07, 6.45) is 7.10. The average molecular weight is 516 g/mol. The first-order valence-electron chi connectivity index (χ1n) is 13.5. The van der Waals surface area contributed by atoms with Gasteiger partial charge in [0, 0.05) is 37.1 Å². The van der Waals surface area contributed by atoms with Gasteiger partial charge in [-0.3, -0.25) is 14.5 Å². The van der Waals surface area contributed by atoms with Crippen LogP contribution in [0.4, 0.5) is 0 Å². The molecule has 0 bridgehead atoms. The van der Waals surface area contributed by atoms with Gasteiger partial charge in [-0.05, 0) is 66.4 Å². The van der Waals surface area contributed by atoms with Crippen molar-refractivity contribution in [1.82, 2.24) is 35.0 Å². The van der Waals surface area contributed by atoms with E-state index in [0.29, 0.717) is 43.3 Å². The monoisotopic (exact) mass is 515 g/mol. The second-order valence-electron chi connectivity index (χ2n) is 10.5. The maximum absolute atomic E-state index is 13.7. The minimum absolute atomic E-state index is 0.118. The molecule has 1 N–H and O–H groups in total. The Balaban J connectivity index is 1.40. The number of tetrazole rings is 1. The van der Waals surface area contributed by atoms with Gasteiger partial charge in [-0.25, -0.2) is 4.68 Å². The summed E-state index contributed by atoms with van der Waals surface area (Å²) in [7, 11) is 0. The molecule has 198 valence electrons. The number of amides is 1. The van der Waals surface area contributed by atoms with Crippen LogP contribution in [0.25, 0.3) is 10.9 Å². The van der Waals surface area contributed by atoms with Gasteiger partial charge in [-0.1, -0.05) is 31.4 Å². The number of nitrogens with zero attached hydrogens (tertiary/aromatic N) is 6. The third kappa shape index (κ3) is 4.42. The summed E-state index contributed by atoms with van der Waals surface area (Å²) in [5, 5.41) is 14.0. The summed E-state index contributed by atoms with van der Waals surface area (Å²) in [5.41, 5.74) is 3.48. The third-order valence-corrected chi connectivity index (χ3v) is 8.15. The first-order chi connectivity index (χ1) is 18.5. The normalized spacial score (nSPS) is 18.2. The van der Waals surface area contributed by atoms with Crippen molar-refractivity contribution in [2.75, 3.05) is 26.2 Å². The Bertz CT molecular complexity index is 1490. The fourth-order valence-electron chi connectivity index (χ4n) is 6.00. The van der Waals surface area contributed by atoms with E-state index in [1.165, 1.54) is 12.7 Å². The molecular formula is C28H33N7O3. The molecule has 4 aromatic rings. The fourth-order valence-corrected chi connectivity index (χ4v) is 6.00. The molecule has 1 aromatic carbocycles. The predicted octanol–water partition coefficient (Wildman–Crippen LogP) is 3.78. The minimum Gasteiger partial charge on any atom is -0.459 e. The van der Waals surface area contributed by atoms with Crippen LogP contribution in [0.15, 0.2) is 45.8 Å². The van der Waals surface area contributed by atoms with E-state index in [1.807, 2.05) is 23.7 Å². The van der Waals surface area contributed by atoms with Gasteiger partial charge < -0.3 is 14.3 Å². The number of benzene rings is 1. The van der Waals surface area contributed by atoms with Crippen LogP contribution in [0.2, 0.25) is 0 Å². The van der Waals surface area contributed by atoms with Crippen molar-refractivity contribution < 1.29 is 9.21 Å². The Morgan fingerprint density at radius 2 is 1.82 bits per heavy atom. The zero-order valence-corrected chi connectivity index (χ0v) is 21.9. The highest BCUT2D eigenvalue weighted by Crippen LogP contribution is 2.34. The van der Waals surface area contributed by atoms with Crippen LogP contribution < -0.4 is 5.56 Å². The summed E-state index contributed by atoms with van der Waals surface area (Å²) in [5.74, 6) is 0.916. The number of aryl methyl sites for hydroxylation is 2. The number of hydrogen-bond acceptors (Lipinski definition) is 7. The van der Waals surface area contributed by atoms with Crippen LogP contribution in [0.1, 0.15) is 77.3 Å². The molecule has 2 aliphatic rings. The van der Waals surface area contributed by atoms with Crippen molar-refractivity contribution in [2.24, 2.45) is 0 Å². The molecule has 10 heteroatoms. The van der Waals surface area contributed by atoms with Crippen LogP contribution in [0, 0.1) is 13.8 Å². The zero-order chi connectivity index (χ0) is 26.2. The maximum atomic E-state index is 13.7. The molecule has 4 heterocycles. The Kier molecular flexibility index (Phi) is 6.57. The highest BCUT2D eigenvalue weighted by molar-refractivity contribution is 5.91. The molecule has 6 rings (SSSR count).